The van der Waals surface area contributed by atoms with Gasteiger partial charge in [0.2, 0.25) is 5.91 Å². The number of amides is 1. The quantitative estimate of drug-likeness (QED) is 0.643. The Morgan fingerprint density at radius 2 is 1.61 bits per heavy atom. The van der Waals surface area contributed by atoms with Crippen LogP contribution in [0.4, 0.5) is 0 Å². The van der Waals surface area contributed by atoms with Crippen LogP contribution < -0.4 is 0 Å². The van der Waals surface area contributed by atoms with Gasteiger partial charge in [-0.15, -0.1) is 0 Å². The Hall–Kier alpha value is -0.570. The van der Waals surface area contributed by atoms with Crippen molar-refractivity contribution in [1.82, 2.24) is 4.90 Å². The second-order valence-corrected chi connectivity index (χ2v) is 5.96. The molecule has 0 spiro atoms. The third-order valence-corrected chi connectivity index (χ3v) is 3.18. The highest BCUT2D eigenvalue weighted by atomic mass is 16.3. The molecule has 0 aliphatic rings. The van der Waals surface area contributed by atoms with Crippen molar-refractivity contribution < 1.29 is 9.90 Å². The molecule has 3 nitrogen and oxygen atoms in total. The normalized spacial score (nSPS) is 11.6. The van der Waals surface area contributed by atoms with Gasteiger partial charge in [0.25, 0.3) is 0 Å². The summed E-state index contributed by atoms with van der Waals surface area (Å²) in [6.07, 6.45) is 7.80. The standard InChI is InChI=1S/C15H31NO2/c1-5-6-7-8-9-10-11-14(18)16(12-13-17)15(2,3)4/h17H,5-13H2,1-4H3. The SMILES string of the molecule is CCCCCCCCC(=O)N(CCO)C(C)(C)C. The molecule has 108 valence electrons. The van der Waals surface area contributed by atoms with E-state index in [-0.39, 0.29) is 18.1 Å². The van der Waals surface area contributed by atoms with E-state index in [1.54, 1.807) is 4.90 Å². The van der Waals surface area contributed by atoms with Crippen LogP contribution in [0.5, 0.6) is 0 Å². The van der Waals surface area contributed by atoms with Gasteiger partial charge in [0, 0.05) is 18.5 Å². The lowest BCUT2D eigenvalue weighted by Gasteiger charge is -2.35. The molecule has 3 heteroatoms. The third kappa shape index (κ3) is 7.70. The highest BCUT2D eigenvalue weighted by Gasteiger charge is 2.24. The van der Waals surface area contributed by atoms with Crippen molar-refractivity contribution in [3.63, 3.8) is 0 Å². The van der Waals surface area contributed by atoms with Crippen LogP contribution in [0.2, 0.25) is 0 Å². The van der Waals surface area contributed by atoms with Crippen LogP contribution in [-0.4, -0.2) is 34.6 Å². The number of aliphatic hydroxyl groups is 1. The molecule has 0 aliphatic carbocycles. The van der Waals surface area contributed by atoms with Crippen LogP contribution in [0.1, 0.15) is 72.6 Å². The lowest BCUT2D eigenvalue weighted by Crippen LogP contribution is -2.47. The molecule has 1 N–H and O–H groups in total. The predicted molar refractivity (Wildman–Crippen MR) is 76.5 cm³/mol. The maximum Gasteiger partial charge on any atom is 0.223 e. The summed E-state index contributed by atoms with van der Waals surface area (Å²) in [7, 11) is 0. The van der Waals surface area contributed by atoms with E-state index in [0.29, 0.717) is 13.0 Å². The topological polar surface area (TPSA) is 40.5 Å². The van der Waals surface area contributed by atoms with Gasteiger partial charge in [-0.05, 0) is 27.2 Å². The van der Waals surface area contributed by atoms with Crippen molar-refractivity contribution in [1.29, 1.82) is 0 Å². The monoisotopic (exact) mass is 257 g/mol. The first kappa shape index (κ1) is 17.4. The van der Waals surface area contributed by atoms with Crippen LogP contribution in [0, 0.1) is 0 Å². The van der Waals surface area contributed by atoms with Crippen molar-refractivity contribution in [2.45, 2.75) is 78.2 Å². The third-order valence-electron chi connectivity index (χ3n) is 3.18. The molecule has 0 saturated carbocycles. The van der Waals surface area contributed by atoms with Crippen molar-refractivity contribution in [2.24, 2.45) is 0 Å². The minimum atomic E-state index is -0.192. The number of aliphatic hydroxyl groups excluding tert-OH is 1. The van der Waals surface area contributed by atoms with Gasteiger partial charge < -0.3 is 10.0 Å². The van der Waals surface area contributed by atoms with E-state index < -0.39 is 0 Å². The molecule has 0 atom stereocenters. The molecule has 0 radical (unpaired) electrons. The molecule has 0 aliphatic heterocycles. The first-order valence-electron chi connectivity index (χ1n) is 7.34. The lowest BCUT2D eigenvalue weighted by molar-refractivity contribution is -0.136. The first-order valence-corrected chi connectivity index (χ1v) is 7.34. The molecule has 1 amide bonds. The minimum Gasteiger partial charge on any atom is -0.395 e. The van der Waals surface area contributed by atoms with Crippen molar-refractivity contribution in [3.8, 4) is 0 Å². The van der Waals surface area contributed by atoms with E-state index in [9.17, 15) is 4.79 Å². The molecule has 18 heavy (non-hydrogen) atoms. The maximum atomic E-state index is 12.1. The fourth-order valence-corrected chi connectivity index (χ4v) is 2.13. The van der Waals surface area contributed by atoms with E-state index in [0.717, 1.165) is 12.8 Å². The van der Waals surface area contributed by atoms with Crippen LogP contribution >= 0.6 is 0 Å². The van der Waals surface area contributed by atoms with Crippen LogP contribution in [0.15, 0.2) is 0 Å². The molecule has 0 aromatic heterocycles. The molecule has 0 unspecified atom stereocenters. The van der Waals surface area contributed by atoms with Crippen molar-refractivity contribution >= 4 is 5.91 Å². The second kappa shape index (κ2) is 9.37. The number of hydrogen-bond acceptors (Lipinski definition) is 2. The Labute approximate surface area is 113 Å². The minimum absolute atomic E-state index is 0.0412. The molecule has 0 bridgehead atoms. The summed E-state index contributed by atoms with van der Waals surface area (Å²) in [6.45, 7) is 8.74. The van der Waals surface area contributed by atoms with Gasteiger partial charge in [0.1, 0.15) is 0 Å². The Kier molecular flexibility index (Phi) is 9.08. The number of unbranched alkanes of at least 4 members (excludes halogenated alkanes) is 5. The highest BCUT2D eigenvalue weighted by molar-refractivity contribution is 5.76. The molecule has 0 heterocycles. The molecular formula is C15H31NO2. The highest BCUT2D eigenvalue weighted by Crippen LogP contribution is 2.16. The van der Waals surface area contributed by atoms with Gasteiger partial charge >= 0.3 is 0 Å². The predicted octanol–water partition coefficient (Wildman–Crippen LogP) is 3.36. The van der Waals surface area contributed by atoms with Gasteiger partial charge in [-0.2, -0.15) is 0 Å². The van der Waals surface area contributed by atoms with Crippen LogP contribution in [0.25, 0.3) is 0 Å². The molecule has 0 rings (SSSR count). The van der Waals surface area contributed by atoms with Gasteiger partial charge in [-0.1, -0.05) is 39.0 Å². The van der Waals surface area contributed by atoms with Crippen molar-refractivity contribution in [2.75, 3.05) is 13.2 Å². The summed E-state index contributed by atoms with van der Waals surface area (Å²) in [5, 5.41) is 9.02. The van der Waals surface area contributed by atoms with Gasteiger partial charge in [-0.3, -0.25) is 4.79 Å². The average molecular weight is 257 g/mol. The fraction of sp³-hybridized carbons (Fsp3) is 0.933. The number of carbonyl (C=O) groups excluding carboxylic acids is 1. The Morgan fingerprint density at radius 3 is 2.11 bits per heavy atom. The summed E-state index contributed by atoms with van der Waals surface area (Å²) in [5.41, 5.74) is -0.192. The Balaban J connectivity index is 3.90. The number of carbonyl (C=O) groups is 1. The molecule has 0 aromatic carbocycles. The van der Waals surface area contributed by atoms with Gasteiger partial charge in [-0.25, -0.2) is 0 Å². The number of rotatable bonds is 9. The zero-order valence-electron chi connectivity index (χ0n) is 12.7. The van der Waals surface area contributed by atoms with Crippen molar-refractivity contribution in [3.05, 3.63) is 0 Å². The summed E-state index contributed by atoms with van der Waals surface area (Å²) in [6, 6.07) is 0. The second-order valence-electron chi connectivity index (χ2n) is 5.96. The van der Waals surface area contributed by atoms with E-state index in [1.165, 1.54) is 25.7 Å². The van der Waals surface area contributed by atoms with Gasteiger partial charge in [0.05, 0.1) is 6.61 Å². The smallest absolute Gasteiger partial charge is 0.223 e. The first-order chi connectivity index (χ1) is 8.43. The van der Waals surface area contributed by atoms with E-state index in [4.69, 9.17) is 5.11 Å². The summed E-state index contributed by atoms with van der Waals surface area (Å²) in [5.74, 6) is 0.173. The Bertz CT molecular complexity index is 221. The zero-order valence-corrected chi connectivity index (χ0v) is 12.7. The molecular weight excluding hydrogens is 226 g/mol. The fourth-order valence-electron chi connectivity index (χ4n) is 2.13. The van der Waals surface area contributed by atoms with Gasteiger partial charge in [0.15, 0.2) is 0 Å². The van der Waals surface area contributed by atoms with Crippen LogP contribution in [0.3, 0.4) is 0 Å². The lowest BCUT2D eigenvalue weighted by atomic mass is 10.0. The summed E-state index contributed by atoms with van der Waals surface area (Å²) >= 11 is 0. The molecule has 0 aromatic rings. The van der Waals surface area contributed by atoms with E-state index >= 15 is 0 Å². The number of nitrogens with zero attached hydrogens (tertiary/aromatic N) is 1. The molecule has 0 fully saturated rings. The number of β-amino-alcohol motifs (C(OH)–C–C–N with tert-alkyl or cyclic N) is 1. The van der Waals surface area contributed by atoms with E-state index in [2.05, 4.69) is 6.92 Å². The average Bonchev–Trinajstić information content (AvgIpc) is 2.28. The largest absolute Gasteiger partial charge is 0.395 e. The Morgan fingerprint density at radius 1 is 1.06 bits per heavy atom. The maximum absolute atomic E-state index is 12.1. The summed E-state index contributed by atoms with van der Waals surface area (Å²) < 4.78 is 0. The summed E-state index contributed by atoms with van der Waals surface area (Å²) in [4.78, 5) is 13.9. The number of hydrogen-bond donors (Lipinski definition) is 1. The zero-order chi connectivity index (χ0) is 14.0. The van der Waals surface area contributed by atoms with E-state index in [1.807, 2.05) is 20.8 Å². The van der Waals surface area contributed by atoms with Crippen LogP contribution in [-0.2, 0) is 4.79 Å². The molecule has 0 saturated heterocycles.